The maximum absolute atomic E-state index is 11.5. The molecule has 0 aliphatic carbocycles. The van der Waals surface area contributed by atoms with Crippen LogP contribution in [0.15, 0.2) is 17.8 Å². The second-order valence-electron chi connectivity index (χ2n) is 2.78. The van der Waals surface area contributed by atoms with Crippen molar-refractivity contribution in [3.05, 3.63) is 28.7 Å². The van der Waals surface area contributed by atoms with Crippen LogP contribution in [0.4, 0.5) is 0 Å². The summed E-state index contributed by atoms with van der Waals surface area (Å²) in [7, 11) is 0. The van der Waals surface area contributed by atoms with Crippen LogP contribution in [0.25, 0.3) is 10.2 Å². The molecule has 0 amide bonds. The van der Waals surface area contributed by atoms with E-state index in [1.807, 2.05) is 0 Å². The Morgan fingerprint density at radius 3 is 3.27 bits per heavy atom. The Labute approximate surface area is 89.5 Å². The molecule has 2 aromatic heterocycles. The Kier molecular flexibility index (Phi) is 2.51. The lowest BCUT2D eigenvalue weighted by atomic mass is 10.3. The summed E-state index contributed by atoms with van der Waals surface area (Å²) in [4.78, 5) is 15.7. The monoisotopic (exact) mass is 224 g/mol. The quantitative estimate of drug-likeness (QED) is 0.435. The van der Waals surface area contributed by atoms with Gasteiger partial charge in [-0.05, 0) is 23.4 Å². The van der Waals surface area contributed by atoms with Gasteiger partial charge < -0.3 is 9.94 Å². The molecule has 0 aliphatic heterocycles. The van der Waals surface area contributed by atoms with Crippen LogP contribution in [-0.4, -0.2) is 17.6 Å². The SMILES string of the molecule is CCOC(=O)c1nc[n+]([O-])c2sccc12. The van der Waals surface area contributed by atoms with E-state index in [2.05, 4.69) is 4.98 Å². The van der Waals surface area contributed by atoms with Crippen molar-refractivity contribution in [2.75, 3.05) is 6.61 Å². The van der Waals surface area contributed by atoms with Gasteiger partial charge in [0.1, 0.15) is 0 Å². The van der Waals surface area contributed by atoms with E-state index in [-0.39, 0.29) is 5.69 Å². The number of aromatic nitrogens is 2. The topological polar surface area (TPSA) is 66.1 Å². The molecule has 2 rings (SSSR count). The summed E-state index contributed by atoms with van der Waals surface area (Å²) in [6.07, 6.45) is 1.07. The Balaban J connectivity index is 2.57. The third-order valence-electron chi connectivity index (χ3n) is 1.86. The number of hydrogen-bond donors (Lipinski definition) is 0. The number of ether oxygens (including phenoxy) is 1. The molecule has 0 bridgehead atoms. The summed E-state index contributed by atoms with van der Waals surface area (Å²) in [5.41, 5.74) is 0.195. The number of nitrogens with zero attached hydrogens (tertiary/aromatic N) is 2. The number of carbonyl (C=O) groups is 1. The molecular formula is C9H8N2O3S. The maximum Gasteiger partial charge on any atom is 0.383 e. The highest BCUT2D eigenvalue weighted by molar-refractivity contribution is 7.16. The van der Waals surface area contributed by atoms with Gasteiger partial charge in [0.2, 0.25) is 0 Å². The van der Waals surface area contributed by atoms with Gasteiger partial charge in [0.25, 0.3) is 12.0 Å². The summed E-state index contributed by atoms with van der Waals surface area (Å²) in [5.74, 6) is -0.499. The molecule has 0 saturated carbocycles. The van der Waals surface area contributed by atoms with Gasteiger partial charge in [-0.25, -0.2) is 9.52 Å². The lowest BCUT2D eigenvalue weighted by Crippen LogP contribution is -2.27. The number of thiophene rings is 1. The normalized spacial score (nSPS) is 10.5. The first kappa shape index (κ1) is 9.85. The zero-order valence-corrected chi connectivity index (χ0v) is 8.78. The first-order chi connectivity index (χ1) is 7.24. The van der Waals surface area contributed by atoms with Crippen molar-refractivity contribution in [3.8, 4) is 0 Å². The summed E-state index contributed by atoms with van der Waals surface area (Å²) in [6, 6.07) is 1.69. The second-order valence-corrected chi connectivity index (χ2v) is 3.67. The van der Waals surface area contributed by atoms with E-state index in [9.17, 15) is 10.0 Å². The zero-order chi connectivity index (χ0) is 10.8. The van der Waals surface area contributed by atoms with Crippen LogP contribution in [0.3, 0.4) is 0 Å². The fraction of sp³-hybridized carbons (Fsp3) is 0.222. The zero-order valence-electron chi connectivity index (χ0n) is 7.97. The third kappa shape index (κ3) is 1.63. The highest BCUT2D eigenvalue weighted by Crippen LogP contribution is 2.19. The molecule has 0 N–H and O–H groups in total. The molecule has 15 heavy (non-hydrogen) atoms. The summed E-state index contributed by atoms with van der Waals surface area (Å²) >= 11 is 1.27. The van der Waals surface area contributed by atoms with E-state index in [4.69, 9.17) is 4.74 Å². The minimum absolute atomic E-state index is 0.195. The number of hydrogen-bond acceptors (Lipinski definition) is 5. The van der Waals surface area contributed by atoms with Gasteiger partial charge in [-0.2, -0.15) is 0 Å². The molecule has 0 saturated heterocycles. The molecule has 6 heteroatoms. The van der Waals surface area contributed by atoms with Crippen molar-refractivity contribution in [2.45, 2.75) is 6.92 Å². The Morgan fingerprint density at radius 2 is 2.53 bits per heavy atom. The lowest BCUT2D eigenvalue weighted by Gasteiger charge is -2.02. The van der Waals surface area contributed by atoms with Crippen molar-refractivity contribution >= 4 is 27.5 Å². The largest absolute Gasteiger partial charge is 0.710 e. The molecule has 0 aromatic carbocycles. The smallest absolute Gasteiger partial charge is 0.383 e. The molecule has 5 nitrogen and oxygen atoms in total. The van der Waals surface area contributed by atoms with Crippen LogP contribution in [0.5, 0.6) is 0 Å². The molecule has 0 spiro atoms. The molecule has 78 valence electrons. The number of esters is 1. The summed E-state index contributed by atoms with van der Waals surface area (Å²) in [6.45, 7) is 2.01. The maximum atomic E-state index is 11.5. The van der Waals surface area contributed by atoms with Gasteiger partial charge in [0.05, 0.1) is 12.0 Å². The van der Waals surface area contributed by atoms with E-state index in [1.165, 1.54) is 11.3 Å². The summed E-state index contributed by atoms with van der Waals surface area (Å²) in [5, 5.41) is 13.6. The van der Waals surface area contributed by atoms with Gasteiger partial charge in [-0.15, -0.1) is 11.3 Å². The van der Waals surface area contributed by atoms with Crippen molar-refractivity contribution in [1.82, 2.24) is 4.98 Å². The first-order valence-corrected chi connectivity index (χ1v) is 5.24. The molecule has 0 unspecified atom stereocenters. The third-order valence-corrected chi connectivity index (χ3v) is 2.76. The van der Waals surface area contributed by atoms with Gasteiger partial charge in [-0.1, -0.05) is 0 Å². The van der Waals surface area contributed by atoms with E-state index >= 15 is 0 Å². The Morgan fingerprint density at radius 1 is 1.73 bits per heavy atom. The minimum Gasteiger partial charge on any atom is -0.710 e. The predicted octanol–water partition coefficient (Wildman–Crippen LogP) is 1.11. The van der Waals surface area contributed by atoms with Gasteiger partial charge in [-0.3, -0.25) is 0 Å². The lowest BCUT2D eigenvalue weighted by molar-refractivity contribution is -0.578. The molecule has 0 atom stereocenters. The van der Waals surface area contributed by atoms with Crippen molar-refractivity contribution in [3.63, 3.8) is 0 Å². The van der Waals surface area contributed by atoms with E-state index in [1.54, 1.807) is 18.4 Å². The minimum atomic E-state index is -0.499. The molecular weight excluding hydrogens is 216 g/mol. The predicted molar refractivity (Wildman–Crippen MR) is 54.5 cm³/mol. The second kappa shape index (κ2) is 3.82. The average Bonchev–Trinajstić information content (AvgIpc) is 2.68. The van der Waals surface area contributed by atoms with Gasteiger partial charge in [0, 0.05) is 0 Å². The molecule has 0 radical (unpaired) electrons. The van der Waals surface area contributed by atoms with Crippen LogP contribution < -0.4 is 4.73 Å². The Hall–Kier alpha value is -1.69. The van der Waals surface area contributed by atoms with E-state index in [0.29, 0.717) is 21.6 Å². The molecule has 0 fully saturated rings. The van der Waals surface area contributed by atoms with Crippen LogP contribution in [0.1, 0.15) is 17.4 Å². The van der Waals surface area contributed by atoms with E-state index < -0.39 is 5.97 Å². The summed E-state index contributed by atoms with van der Waals surface area (Å²) < 4.78 is 5.48. The molecule has 2 aromatic rings. The van der Waals surface area contributed by atoms with Crippen molar-refractivity contribution < 1.29 is 14.3 Å². The fourth-order valence-corrected chi connectivity index (χ4v) is 2.02. The number of carbonyl (C=O) groups excluding carboxylic acids is 1. The Bertz CT molecular complexity index is 509. The molecule has 0 aliphatic rings. The average molecular weight is 224 g/mol. The number of fused-ring (bicyclic) bond motifs is 1. The van der Waals surface area contributed by atoms with Crippen LogP contribution in [0, 0.1) is 5.21 Å². The van der Waals surface area contributed by atoms with Crippen molar-refractivity contribution in [2.24, 2.45) is 0 Å². The fourth-order valence-electron chi connectivity index (χ4n) is 1.25. The van der Waals surface area contributed by atoms with Crippen LogP contribution >= 0.6 is 11.3 Å². The molecule has 2 heterocycles. The highest BCUT2D eigenvalue weighted by atomic mass is 32.1. The van der Waals surface area contributed by atoms with E-state index in [0.717, 1.165) is 6.33 Å². The van der Waals surface area contributed by atoms with Crippen molar-refractivity contribution in [1.29, 1.82) is 0 Å². The van der Waals surface area contributed by atoms with Gasteiger partial charge in [0.15, 0.2) is 4.83 Å². The van der Waals surface area contributed by atoms with Crippen LogP contribution in [-0.2, 0) is 4.74 Å². The number of rotatable bonds is 2. The van der Waals surface area contributed by atoms with Crippen LogP contribution in [0.2, 0.25) is 0 Å². The first-order valence-electron chi connectivity index (χ1n) is 4.36. The highest BCUT2D eigenvalue weighted by Gasteiger charge is 2.20. The van der Waals surface area contributed by atoms with Gasteiger partial charge >= 0.3 is 5.97 Å². The standard InChI is InChI=1S/C9H8N2O3S/c1-2-14-9(12)7-6-3-4-15-8(6)11(13)5-10-7/h3-5H,2H2,1H3.